The standard InChI is InChI=1S/C26H26ClN3O2/c27-21-8-5-7-19(16-21)25(23-10-3-4-13-28-23)29-17-24(31)30-14-11-26(12-15-30)22-9-2-1-6-20(22)18-32-26/h1-10,13,16,25,29H,11-12,14-15,17-18H2. The van der Waals surface area contributed by atoms with Crippen molar-refractivity contribution in [3.05, 3.63) is 100 Å². The lowest BCUT2D eigenvalue weighted by Gasteiger charge is -2.39. The highest BCUT2D eigenvalue weighted by Crippen LogP contribution is 2.43. The molecule has 0 radical (unpaired) electrons. The molecular weight excluding hydrogens is 422 g/mol. The minimum absolute atomic E-state index is 0.0918. The van der Waals surface area contributed by atoms with Crippen molar-refractivity contribution in [1.29, 1.82) is 0 Å². The van der Waals surface area contributed by atoms with Crippen molar-refractivity contribution >= 4 is 17.5 Å². The molecule has 2 aliphatic heterocycles. The van der Waals surface area contributed by atoms with Gasteiger partial charge in [-0.05, 0) is 53.8 Å². The van der Waals surface area contributed by atoms with E-state index in [1.807, 2.05) is 47.4 Å². The van der Waals surface area contributed by atoms with Crippen LogP contribution in [0.15, 0.2) is 72.9 Å². The molecule has 32 heavy (non-hydrogen) atoms. The van der Waals surface area contributed by atoms with Gasteiger partial charge in [0.15, 0.2) is 0 Å². The molecule has 3 heterocycles. The molecule has 6 heteroatoms. The Bertz CT molecular complexity index is 1100. The Morgan fingerprint density at radius 3 is 2.69 bits per heavy atom. The maximum absolute atomic E-state index is 13.1. The van der Waals surface area contributed by atoms with Crippen LogP contribution in [-0.2, 0) is 21.7 Å². The van der Waals surface area contributed by atoms with E-state index in [1.54, 1.807) is 6.20 Å². The van der Waals surface area contributed by atoms with E-state index in [4.69, 9.17) is 16.3 Å². The molecule has 1 fully saturated rings. The highest BCUT2D eigenvalue weighted by molar-refractivity contribution is 6.30. The number of amides is 1. The van der Waals surface area contributed by atoms with Crippen molar-refractivity contribution in [1.82, 2.24) is 15.2 Å². The molecule has 2 aromatic carbocycles. The molecule has 1 aromatic heterocycles. The third-order valence-corrected chi connectivity index (χ3v) is 6.79. The van der Waals surface area contributed by atoms with Gasteiger partial charge in [0.25, 0.3) is 0 Å². The molecule has 5 rings (SSSR count). The monoisotopic (exact) mass is 447 g/mol. The summed E-state index contributed by atoms with van der Waals surface area (Å²) in [7, 11) is 0. The van der Waals surface area contributed by atoms with E-state index in [9.17, 15) is 4.79 Å². The number of likely N-dealkylation sites (tertiary alicyclic amines) is 1. The van der Waals surface area contributed by atoms with Gasteiger partial charge in [0, 0.05) is 24.3 Å². The average molecular weight is 448 g/mol. The molecule has 1 N–H and O–H groups in total. The van der Waals surface area contributed by atoms with Crippen LogP contribution in [0.5, 0.6) is 0 Å². The molecule has 1 atom stereocenters. The van der Waals surface area contributed by atoms with Crippen molar-refractivity contribution < 1.29 is 9.53 Å². The molecule has 1 amide bonds. The van der Waals surface area contributed by atoms with Crippen LogP contribution >= 0.6 is 11.6 Å². The van der Waals surface area contributed by atoms with E-state index in [1.165, 1.54) is 11.1 Å². The van der Waals surface area contributed by atoms with Crippen LogP contribution in [0.1, 0.15) is 41.3 Å². The third-order valence-electron chi connectivity index (χ3n) is 6.56. The first kappa shape index (κ1) is 21.1. The lowest BCUT2D eigenvalue weighted by Crippen LogP contribution is -2.48. The third kappa shape index (κ3) is 4.16. The normalized spacial score (nSPS) is 17.8. The number of pyridine rings is 1. The van der Waals surface area contributed by atoms with Crippen LogP contribution in [0, 0.1) is 0 Å². The SMILES string of the molecule is O=C(CNC(c1cccc(Cl)c1)c1ccccn1)N1CCC2(CC1)OCc1ccccc12. The summed E-state index contributed by atoms with van der Waals surface area (Å²) in [5.41, 5.74) is 4.17. The molecule has 1 spiro atoms. The first-order chi connectivity index (χ1) is 15.6. The fraction of sp³-hybridized carbons (Fsp3) is 0.308. The zero-order chi connectivity index (χ0) is 22.0. The van der Waals surface area contributed by atoms with Gasteiger partial charge in [-0.3, -0.25) is 15.1 Å². The minimum atomic E-state index is -0.238. The fourth-order valence-electron chi connectivity index (χ4n) is 4.84. The second kappa shape index (κ2) is 9.02. The Balaban J connectivity index is 1.25. The molecule has 2 aliphatic rings. The van der Waals surface area contributed by atoms with E-state index < -0.39 is 0 Å². The van der Waals surface area contributed by atoms with E-state index in [0.717, 1.165) is 24.1 Å². The summed E-state index contributed by atoms with van der Waals surface area (Å²) in [5, 5.41) is 4.07. The summed E-state index contributed by atoms with van der Waals surface area (Å²) in [6.45, 7) is 2.29. The average Bonchev–Trinajstić information content (AvgIpc) is 3.18. The highest BCUT2D eigenvalue weighted by atomic mass is 35.5. The van der Waals surface area contributed by atoms with Crippen molar-refractivity contribution in [2.24, 2.45) is 0 Å². The van der Waals surface area contributed by atoms with Gasteiger partial charge in [0.1, 0.15) is 0 Å². The quantitative estimate of drug-likeness (QED) is 0.627. The second-order valence-corrected chi connectivity index (χ2v) is 8.88. The molecule has 164 valence electrons. The van der Waals surface area contributed by atoms with Crippen LogP contribution in [-0.4, -0.2) is 35.4 Å². The first-order valence-electron chi connectivity index (χ1n) is 11.0. The van der Waals surface area contributed by atoms with Crippen LogP contribution in [0.25, 0.3) is 0 Å². The topological polar surface area (TPSA) is 54.5 Å². The molecule has 1 unspecified atom stereocenters. The Kier molecular flexibility index (Phi) is 5.96. The number of rotatable bonds is 5. The number of ether oxygens (including phenoxy) is 1. The number of benzene rings is 2. The minimum Gasteiger partial charge on any atom is -0.365 e. The van der Waals surface area contributed by atoms with E-state index in [2.05, 4.69) is 34.6 Å². The smallest absolute Gasteiger partial charge is 0.236 e. The molecule has 0 bridgehead atoms. The molecular formula is C26H26ClN3O2. The zero-order valence-electron chi connectivity index (χ0n) is 17.8. The summed E-state index contributed by atoms with van der Waals surface area (Å²) < 4.78 is 6.23. The van der Waals surface area contributed by atoms with Crippen molar-refractivity contribution in [2.75, 3.05) is 19.6 Å². The van der Waals surface area contributed by atoms with Gasteiger partial charge in [-0.25, -0.2) is 0 Å². The highest BCUT2D eigenvalue weighted by Gasteiger charge is 2.43. The van der Waals surface area contributed by atoms with E-state index >= 15 is 0 Å². The lowest BCUT2D eigenvalue weighted by atomic mass is 9.84. The van der Waals surface area contributed by atoms with Crippen LogP contribution in [0.2, 0.25) is 5.02 Å². The zero-order valence-corrected chi connectivity index (χ0v) is 18.6. The Labute approximate surface area is 193 Å². The molecule has 0 saturated carbocycles. The number of nitrogens with zero attached hydrogens (tertiary/aromatic N) is 2. The fourth-order valence-corrected chi connectivity index (χ4v) is 5.04. The van der Waals surface area contributed by atoms with Gasteiger partial charge >= 0.3 is 0 Å². The van der Waals surface area contributed by atoms with Crippen molar-refractivity contribution in [3.8, 4) is 0 Å². The maximum atomic E-state index is 13.1. The predicted molar refractivity (Wildman–Crippen MR) is 124 cm³/mol. The van der Waals surface area contributed by atoms with Gasteiger partial charge in [0.2, 0.25) is 5.91 Å². The largest absolute Gasteiger partial charge is 0.365 e. The van der Waals surface area contributed by atoms with Crippen LogP contribution in [0.3, 0.4) is 0 Å². The number of nitrogens with one attached hydrogen (secondary N) is 1. The number of halogens is 1. The summed E-state index contributed by atoms with van der Waals surface area (Å²) in [4.78, 5) is 19.5. The van der Waals surface area contributed by atoms with Crippen molar-refractivity contribution in [3.63, 3.8) is 0 Å². The van der Waals surface area contributed by atoms with Crippen molar-refractivity contribution in [2.45, 2.75) is 31.1 Å². The van der Waals surface area contributed by atoms with E-state index in [-0.39, 0.29) is 24.1 Å². The number of fused-ring (bicyclic) bond motifs is 2. The van der Waals surface area contributed by atoms with Gasteiger partial charge in [-0.2, -0.15) is 0 Å². The summed E-state index contributed by atoms with van der Waals surface area (Å²) >= 11 is 6.22. The van der Waals surface area contributed by atoms with Gasteiger partial charge in [-0.15, -0.1) is 0 Å². The van der Waals surface area contributed by atoms with Gasteiger partial charge < -0.3 is 9.64 Å². The maximum Gasteiger partial charge on any atom is 0.236 e. The summed E-state index contributed by atoms with van der Waals surface area (Å²) in [6, 6.07) is 21.7. The molecule has 5 nitrogen and oxygen atoms in total. The Morgan fingerprint density at radius 2 is 1.91 bits per heavy atom. The first-order valence-corrected chi connectivity index (χ1v) is 11.4. The second-order valence-electron chi connectivity index (χ2n) is 8.44. The Morgan fingerprint density at radius 1 is 1.09 bits per heavy atom. The summed E-state index contributed by atoms with van der Waals surface area (Å²) in [6.07, 6.45) is 3.42. The van der Waals surface area contributed by atoms with Crippen LogP contribution in [0.4, 0.5) is 0 Å². The molecule has 1 saturated heterocycles. The van der Waals surface area contributed by atoms with E-state index in [0.29, 0.717) is 24.7 Å². The number of carbonyl (C=O) groups is 1. The summed E-state index contributed by atoms with van der Waals surface area (Å²) in [5.74, 6) is 0.0918. The molecule has 0 aliphatic carbocycles. The number of aromatic nitrogens is 1. The number of hydrogen-bond acceptors (Lipinski definition) is 4. The number of hydrogen-bond donors (Lipinski definition) is 1. The van der Waals surface area contributed by atoms with Gasteiger partial charge in [-0.1, -0.05) is 54.1 Å². The number of carbonyl (C=O) groups excluding carboxylic acids is 1. The number of piperidine rings is 1. The Hall–Kier alpha value is -2.73. The molecule has 3 aromatic rings. The lowest BCUT2D eigenvalue weighted by molar-refractivity contribution is -0.137. The van der Waals surface area contributed by atoms with Gasteiger partial charge in [0.05, 0.1) is 30.5 Å². The predicted octanol–water partition coefficient (Wildman–Crippen LogP) is 4.46. The van der Waals surface area contributed by atoms with Crippen LogP contribution < -0.4 is 5.32 Å².